The number of hydrogen-bond donors (Lipinski definition) is 1. The molecule has 1 amide bonds. The van der Waals surface area contributed by atoms with E-state index in [0.717, 1.165) is 15.5 Å². The fraction of sp³-hybridized carbons (Fsp3) is 0.273. The number of halogens is 2. The lowest BCUT2D eigenvalue weighted by Crippen LogP contribution is -2.53. The Morgan fingerprint density at radius 1 is 1.13 bits per heavy atom. The van der Waals surface area contributed by atoms with Crippen LogP contribution in [0.4, 0.5) is 8.78 Å². The molecule has 0 bridgehead atoms. The van der Waals surface area contributed by atoms with E-state index in [1.807, 2.05) is 19.9 Å². The van der Waals surface area contributed by atoms with Gasteiger partial charge >= 0.3 is 0 Å². The molecule has 0 unspecified atom stereocenters. The summed E-state index contributed by atoms with van der Waals surface area (Å²) in [7, 11) is 0. The number of amides is 1. The van der Waals surface area contributed by atoms with Crippen LogP contribution in [0.5, 0.6) is 0 Å². The molecule has 0 radical (unpaired) electrons. The third-order valence-corrected chi connectivity index (χ3v) is 6.39. The van der Waals surface area contributed by atoms with Crippen LogP contribution in [-0.2, 0) is 16.9 Å². The van der Waals surface area contributed by atoms with E-state index in [9.17, 15) is 13.6 Å². The molecule has 1 aliphatic heterocycles. The first-order valence-electron chi connectivity index (χ1n) is 9.62. The highest BCUT2D eigenvalue weighted by Gasteiger charge is 2.41. The maximum Gasteiger partial charge on any atom is 0.237 e. The molecule has 2 N–H and O–H groups in total. The van der Waals surface area contributed by atoms with Crippen molar-refractivity contribution in [1.29, 1.82) is 0 Å². The van der Waals surface area contributed by atoms with Crippen molar-refractivity contribution >= 4 is 17.7 Å². The fourth-order valence-corrected chi connectivity index (χ4v) is 4.89. The molecule has 0 aliphatic carbocycles. The number of nitrogens with zero attached hydrogens (tertiary/aromatic N) is 3. The molecule has 1 aromatic heterocycles. The van der Waals surface area contributed by atoms with Crippen LogP contribution in [-0.4, -0.2) is 33.4 Å². The molecule has 1 aliphatic rings. The Morgan fingerprint density at radius 2 is 1.87 bits per heavy atom. The van der Waals surface area contributed by atoms with E-state index >= 15 is 0 Å². The third kappa shape index (κ3) is 3.61. The highest BCUT2D eigenvalue weighted by molar-refractivity contribution is 7.99. The fourth-order valence-electron chi connectivity index (χ4n) is 3.80. The quantitative estimate of drug-likeness (QED) is 0.682. The summed E-state index contributed by atoms with van der Waals surface area (Å²) >= 11 is 1.40. The molecule has 2 aromatic carbocycles. The molecule has 8 heteroatoms. The summed E-state index contributed by atoms with van der Waals surface area (Å²) in [5.74, 6) is -0.0745. The van der Waals surface area contributed by atoms with Gasteiger partial charge in [-0.25, -0.2) is 13.8 Å². The Morgan fingerprint density at radius 3 is 2.53 bits per heavy atom. The van der Waals surface area contributed by atoms with E-state index in [1.165, 1.54) is 36.0 Å². The first kappa shape index (κ1) is 20.6. The summed E-state index contributed by atoms with van der Waals surface area (Å²) in [6, 6.07) is 12.5. The minimum Gasteiger partial charge on any atom is -0.327 e. The van der Waals surface area contributed by atoms with E-state index in [0.29, 0.717) is 24.6 Å². The number of nitrogens with two attached hydrogens (primary N) is 1. The lowest BCUT2D eigenvalue weighted by atomic mass is 9.99. The van der Waals surface area contributed by atoms with Gasteiger partial charge in [0.15, 0.2) is 0 Å². The normalized spacial score (nSPS) is 15.2. The number of aromatic nitrogens is 2. The second kappa shape index (κ2) is 7.85. The number of fused-ring (bicyclic) bond motifs is 1. The molecule has 30 heavy (non-hydrogen) atoms. The second-order valence-corrected chi connectivity index (χ2v) is 8.68. The Bertz CT molecular complexity index is 1100. The van der Waals surface area contributed by atoms with Gasteiger partial charge in [-0.05, 0) is 56.3 Å². The molecule has 0 atom stereocenters. The molecule has 156 valence electrons. The molecule has 2 heterocycles. The van der Waals surface area contributed by atoms with Crippen molar-refractivity contribution in [3.8, 4) is 11.3 Å². The van der Waals surface area contributed by atoms with E-state index in [2.05, 4.69) is 4.57 Å². The minimum absolute atomic E-state index is 0.0696. The monoisotopic (exact) mass is 428 g/mol. The van der Waals surface area contributed by atoms with Gasteiger partial charge in [-0.15, -0.1) is 0 Å². The average Bonchev–Trinajstić information content (AvgIpc) is 3.08. The zero-order chi connectivity index (χ0) is 21.5. The maximum atomic E-state index is 13.8. The number of carbonyl (C=O) groups excluding carboxylic acids is 1. The van der Waals surface area contributed by atoms with Crippen molar-refractivity contribution in [1.82, 2.24) is 14.5 Å². The van der Waals surface area contributed by atoms with Crippen molar-refractivity contribution in [2.75, 3.05) is 13.1 Å². The Kier molecular flexibility index (Phi) is 5.38. The predicted molar refractivity (Wildman–Crippen MR) is 112 cm³/mol. The summed E-state index contributed by atoms with van der Waals surface area (Å²) in [5.41, 5.74) is 6.36. The number of imidazole rings is 1. The van der Waals surface area contributed by atoms with Crippen LogP contribution in [0, 0.1) is 11.6 Å². The van der Waals surface area contributed by atoms with Crippen molar-refractivity contribution in [2.24, 2.45) is 5.73 Å². The molecule has 0 fully saturated rings. The molecular weight excluding hydrogens is 406 g/mol. The van der Waals surface area contributed by atoms with Gasteiger partial charge in [-0.2, -0.15) is 0 Å². The van der Waals surface area contributed by atoms with E-state index < -0.39 is 5.54 Å². The summed E-state index contributed by atoms with van der Waals surface area (Å²) in [4.78, 5) is 19.7. The third-order valence-electron chi connectivity index (χ3n) is 5.29. The van der Waals surface area contributed by atoms with Gasteiger partial charge in [0.2, 0.25) is 5.91 Å². The van der Waals surface area contributed by atoms with Crippen LogP contribution in [0.15, 0.2) is 58.5 Å². The van der Waals surface area contributed by atoms with Crippen LogP contribution < -0.4 is 5.73 Å². The summed E-state index contributed by atoms with van der Waals surface area (Å²) < 4.78 is 29.3. The first-order chi connectivity index (χ1) is 14.3. The largest absolute Gasteiger partial charge is 0.327 e. The van der Waals surface area contributed by atoms with Gasteiger partial charge in [0.25, 0.3) is 0 Å². The van der Waals surface area contributed by atoms with E-state index in [4.69, 9.17) is 10.7 Å². The van der Waals surface area contributed by atoms with Crippen molar-refractivity contribution < 1.29 is 13.6 Å². The van der Waals surface area contributed by atoms with Gasteiger partial charge in [-0.3, -0.25) is 4.79 Å². The van der Waals surface area contributed by atoms with Crippen LogP contribution in [0.25, 0.3) is 11.3 Å². The Balaban J connectivity index is 1.86. The molecule has 4 rings (SSSR count). The van der Waals surface area contributed by atoms with E-state index in [1.54, 1.807) is 23.1 Å². The maximum absolute atomic E-state index is 13.8. The second-order valence-electron chi connectivity index (χ2n) is 7.62. The molecule has 0 saturated heterocycles. The van der Waals surface area contributed by atoms with Gasteiger partial charge in [-0.1, -0.05) is 17.8 Å². The summed E-state index contributed by atoms with van der Waals surface area (Å²) in [6.07, 6.45) is 0. The predicted octanol–water partition coefficient (Wildman–Crippen LogP) is 4.02. The molecule has 5 nitrogen and oxygen atoms in total. The Labute approximate surface area is 177 Å². The van der Waals surface area contributed by atoms with Crippen LogP contribution in [0.1, 0.15) is 19.7 Å². The number of hydrogen-bond acceptors (Lipinski definition) is 4. The van der Waals surface area contributed by atoms with Crippen molar-refractivity contribution in [3.05, 3.63) is 66.0 Å². The van der Waals surface area contributed by atoms with Gasteiger partial charge in [0.05, 0.1) is 12.1 Å². The van der Waals surface area contributed by atoms with Crippen molar-refractivity contribution in [2.45, 2.75) is 35.9 Å². The van der Waals surface area contributed by atoms with Gasteiger partial charge in [0, 0.05) is 23.5 Å². The highest BCUT2D eigenvalue weighted by Crippen LogP contribution is 2.42. The lowest BCUT2D eigenvalue weighted by molar-refractivity contribution is -0.137. The van der Waals surface area contributed by atoms with Crippen LogP contribution >= 0.6 is 11.8 Å². The Hall–Kier alpha value is -2.71. The number of benzene rings is 2. The summed E-state index contributed by atoms with van der Waals surface area (Å²) in [5, 5.41) is 0.829. The summed E-state index contributed by atoms with van der Waals surface area (Å²) in [6.45, 7) is 4.83. The molecule has 0 spiro atoms. The van der Waals surface area contributed by atoms with Gasteiger partial charge in [0.1, 0.15) is 28.2 Å². The molecule has 3 aromatic rings. The number of rotatable bonds is 4. The SMILES string of the molecule is CC1(C)c2nc(-c3ccc(F)cc3)c(Sc3cccc(F)c3)n2CCN1C(=O)CN. The topological polar surface area (TPSA) is 64.2 Å². The zero-order valence-corrected chi connectivity index (χ0v) is 17.5. The molecular formula is C22H22F2N4OS. The van der Waals surface area contributed by atoms with E-state index in [-0.39, 0.29) is 24.1 Å². The first-order valence-corrected chi connectivity index (χ1v) is 10.4. The smallest absolute Gasteiger partial charge is 0.237 e. The van der Waals surface area contributed by atoms with Gasteiger partial charge < -0.3 is 15.2 Å². The average molecular weight is 429 g/mol. The lowest BCUT2D eigenvalue weighted by Gasteiger charge is -2.42. The number of carbonyl (C=O) groups is 1. The van der Waals surface area contributed by atoms with Crippen LogP contribution in [0.2, 0.25) is 0 Å². The van der Waals surface area contributed by atoms with Crippen LogP contribution in [0.3, 0.4) is 0 Å². The zero-order valence-electron chi connectivity index (χ0n) is 16.7. The van der Waals surface area contributed by atoms with Crippen molar-refractivity contribution in [3.63, 3.8) is 0 Å². The standard InChI is InChI=1S/C22H22F2N4OS/c1-22(2)21-26-19(14-6-8-15(23)9-7-14)20(30-17-5-3-4-16(24)12-17)27(21)10-11-28(22)18(29)13-25/h3-9,12H,10-11,13,25H2,1-2H3. The minimum atomic E-state index is -0.676. The molecule has 0 saturated carbocycles. The highest BCUT2D eigenvalue weighted by atomic mass is 32.2.